The SMILES string of the molecule is O=C(NC1CCOC1)C1CCCCCN1. The quantitative estimate of drug-likeness (QED) is 0.697. The third kappa shape index (κ3) is 3.18. The third-order valence-electron chi connectivity index (χ3n) is 3.15. The number of rotatable bonds is 2. The van der Waals surface area contributed by atoms with Gasteiger partial charge < -0.3 is 15.4 Å². The number of carbonyl (C=O) groups excluding carboxylic acids is 1. The lowest BCUT2D eigenvalue weighted by Gasteiger charge is -2.18. The molecular weight excluding hydrogens is 192 g/mol. The summed E-state index contributed by atoms with van der Waals surface area (Å²) < 4.78 is 5.23. The van der Waals surface area contributed by atoms with Gasteiger partial charge in [-0.1, -0.05) is 12.8 Å². The number of hydrogen-bond donors (Lipinski definition) is 2. The topological polar surface area (TPSA) is 50.4 Å². The first-order valence-electron chi connectivity index (χ1n) is 5.98. The molecule has 0 radical (unpaired) electrons. The predicted molar refractivity (Wildman–Crippen MR) is 57.6 cm³/mol. The minimum atomic E-state index is 0.0214. The molecule has 0 saturated carbocycles. The van der Waals surface area contributed by atoms with Gasteiger partial charge in [0.25, 0.3) is 0 Å². The molecule has 4 nitrogen and oxygen atoms in total. The van der Waals surface area contributed by atoms with Crippen LogP contribution in [0.3, 0.4) is 0 Å². The molecule has 2 aliphatic heterocycles. The Balaban J connectivity index is 1.77. The Morgan fingerprint density at radius 1 is 1.27 bits per heavy atom. The number of carbonyl (C=O) groups is 1. The van der Waals surface area contributed by atoms with E-state index in [1.54, 1.807) is 0 Å². The van der Waals surface area contributed by atoms with Gasteiger partial charge in [-0.25, -0.2) is 0 Å². The van der Waals surface area contributed by atoms with E-state index < -0.39 is 0 Å². The molecule has 2 fully saturated rings. The molecule has 0 aromatic rings. The summed E-state index contributed by atoms with van der Waals surface area (Å²) in [6, 6.07) is 0.260. The fourth-order valence-corrected chi connectivity index (χ4v) is 2.20. The molecule has 2 unspecified atom stereocenters. The summed E-state index contributed by atoms with van der Waals surface area (Å²) in [6.45, 7) is 2.43. The van der Waals surface area contributed by atoms with E-state index in [0.29, 0.717) is 6.61 Å². The van der Waals surface area contributed by atoms with Crippen molar-refractivity contribution in [2.75, 3.05) is 19.8 Å². The van der Waals surface area contributed by atoms with Crippen LogP contribution in [0, 0.1) is 0 Å². The molecule has 0 bridgehead atoms. The summed E-state index contributed by atoms with van der Waals surface area (Å²) in [4.78, 5) is 11.9. The number of ether oxygens (including phenoxy) is 1. The van der Waals surface area contributed by atoms with Crippen LogP contribution in [-0.2, 0) is 9.53 Å². The van der Waals surface area contributed by atoms with E-state index in [4.69, 9.17) is 4.74 Å². The predicted octanol–water partition coefficient (Wildman–Crippen LogP) is 0.424. The molecule has 0 aromatic heterocycles. The maximum atomic E-state index is 11.9. The van der Waals surface area contributed by atoms with E-state index in [1.165, 1.54) is 12.8 Å². The maximum Gasteiger partial charge on any atom is 0.237 e. The molecule has 2 atom stereocenters. The van der Waals surface area contributed by atoms with Crippen molar-refractivity contribution in [2.45, 2.75) is 44.2 Å². The molecule has 2 N–H and O–H groups in total. The van der Waals surface area contributed by atoms with Gasteiger partial charge in [-0.2, -0.15) is 0 Å². The zero-order valence-electron chi connectivity index (χ0n) is 9.13. The van der Waals surface area contributed by atoms with Crippen LogP contribution in [0.25, 0.3) is 0 Å². The Labute approximate surface area is 90.8 Å². The van der Waals surface area contributed by atoms with E-state index in [2.05, 4.69) is 10.6 Å². The highest BCUT2D eigenvalue weighted by Crippen LogP contribution is 2.10. The fourth-order valence-electron chi connectivity index (χ4n) is 2.20. The van der Waals surface area contributed by atoms with Crippen molar-refractivity contribution in [2.24, 2.45) is 0 Å². The Kier molecular flexibility index (Phi) is 3.97. The van der Waals surface area contributed by atoms with Crippen molar-refractivity contribution >= 4 is 5.91 Å². The van der Waals surface area contributed by atoms with Gasteiger partial charge in [0.2, 0.25) is 5.91 Å². The number of nitrogens with one attached hydrogen (secondary N) is 2. The summed E-state index contributed by atoms with van der Waals surface area (Å²) in [7, 11) is 0. The van der Waals surface area contributed by atoms with Gasteiger partial charge in [-0.05, 0) is 25.8 Å². The number of amides is 1. The molecule has 0 aliphatic carbocycles. The van der Waals surface area contributed by atoms with Crippen LogP contribution in [0.4, 0.5) is 0 Å². The third-order valence-corrected chi connectivity index (χ3v) is 3.15. The monoisotopic (exact) mass is 212 g/mol. The highest BCUT2D eigenvalue weighted by atomic mass is 16.5. The van der Waals surface area contributed by atoms with Gasteiger partial charge in [0.05, 0.1) is 18.7 Å². The van der Waals surface area contributed by atoms with E-state index in [-0.39, 0.29) is 18.0 Å². The van der Waals surface area contributed by atoms with Gasteiger partial charge in [0, 0.05) is 6.61 Å². The van der Waals surface area contributed by atoms with Gasteiger partial charge in [0.15, 0.2) is 0 Å². The summed E-state index contributed by atoms with van der Waals surface area (Å²) in [5, 5.41) is 6.35. The van der Waals surface area contributed by atoms with Gasteiger partial charge in [0.1, 0.15) is 0 Å². The summed E-state index contributed by atoms with van der Waals surface area (Å²) in [5.41, 5.74) is 0. The highest BCUT2D eigenvalue weighted by Gasteiger charge is 2.23. The molecule has 2 saturated heterocycles. The standard InChI is InChI=1S/C11H20N2O2/c14-11(13-9-5-7-15-8-9)10-4-2-1-3-6-12-10/h9-10,12H,1-8H2,(H,13,14). The molecule has 2 rings (SSSR count). The van der Waals surface area contributed by atoms with Crippen molar-refractivity contribution in [1.82, 2.24) is 10.6 Å². The minimum absolute atomic E-state index is 0.0214. The van der Waals surface area contributed by atoms with Crippen molar-refractivity contribution < 1.29 is 9.53 Å². The molecule has 1 amide bonds. The zero-order chi connectivity index (χ0) is 10.5. The first-order chi connectivity index (χ1) is 7.36. The van der Waals surface area contributed by atoms with Crippen LogP contribution >= 0.6 is 0 Å². The van der Waals surface area contributed by atoms with Crippen molar-refractivity contribution in [3.8, 4) is 0 Å². The molecule has 86 valence electrons. The fraction of sp³-hybridized carbons (Fsp3) is 0.909. The van der Waals surface area contributed by atoms with Crippen LogP contribution in [0.2, 0.25) is 0 Å². The highest BCUT2D eigenvalue weighted by molar-refractivity contribution is 5.82. The molecule has 2 aliphatic rings. The van der Waals surface area contributed by atoms with E-state index in [1.807, 2.05) is 0 Å². The lowest BCUT2D eigenvalue weighted by Crippen LogP contribution is -2.47. The van der Waals surface area contributed by atoms with Gasteiger partial charge in [-0.3, -0.25) is 4.79 Å². The second-order valence-corrected chi connectivity index (χ2v) is 4.43. The van der Waals surface area contributed by atoms with E-state index >= 15 is 0 Å². The van der Waals surface area contributed by atoms with Crippen LogP contribution in [0.1, 0.15) is 32.1 Å². The summed E-state index contributed by atoms with van der Waals surface area (Å²) in [6.07, 6.45) is 5.52. The number of hydrogen-bond acceptors (Lipinski definition) is 3. The average molecular weight is 212 g/mol. The lowest BCUT2D eigenvalue weighted by molar-refractivity contribution is -0.124. The van der Waals surface area contributed by atoms with E-state index in [0.717, 1.165) is 32.4 Å². The lowest BCUT2D eigenvalue weighted by atomic mass is 10.1. The summed E-state index contributed by atoms with van der Waals surface area (Å²) >= 11 is 0. The van der Waals surface area contributed by atoms with Crippen LogP contribution in [0.15, 0.2) is 0 Å². The first-order valence-corrected chi connectivity index (χ1v) is 5.98. The molecule has 0 aromatic carbocycles. The second-order valence-electron chi connectivity index (χ2n) is 4.43. The van der Waals surface area contributed by atoms with Crippen LogP contribution in [0.5, 0.6) is 0 Å². The van der Waals surface area contributed by atoms with Crippen molar-refractivity contribution in [3.05, 3.63) is 0 Å². The molecule has 0 spiro atoms. The Hall–Kier alpha value is -0.610. The molecule has 2 heterocycles. The van der Waals surface area contributed by atoms with E-state index in [9.17, 15) is 4.79 Å². The maximum absolute atomic E-state index is 11.9. The van der Waals surface area contributed by atoms with Crippen LogP contribution in [-0.4, -0.2) is 37.7 Å². The Morgan fingerprint density at radius 3 is 3.00 bits per heavy atom. The minimum Gasteiger partial charge on any atom is -0.379 e. The largest absolute Gasteiger partial charge is 0.379 e. The van der Waals surface area contributed by atoms with Gasteiger partial charge in [-0.15, -0.1) is 0 Å². The van der Waals surface area contributed by atoms with Crippen LogP contribution < -0.4 is 10.6 Å². The second kappa shape index (κ2) is 5.47. The van der Waals surface area contributed by atoms with Gasteiger partial charge >= 0.3 is 0 Å². The van der Waals surface area contributed by atoms with Crippen molar-refractivity contribution in [1.29, 1.82) is 0 Å². The first kappa shape index (κ1) is 10.9. The molecule has 4 heteroatoms. The molecule has 15 heavy (non-hydrogen) atoms. The smallest absolute Gasteiger partial charge is 0.237 e. The summed E-state index contributed by atoms with van der Waals surface area (Å²) in [5.74, 6) is 0.160. The average Bonchev–Trinajstić information content (AvgIpc) is 2.58. The Morgan fingerprint density at radius 2 is 2.20 bits per heavy atom. The Bertz CT molecular complexity index is 207. The normalized spacial score (nSPS) is 32.3. The van der Waals surface area contributed by atoms with Crippen molar-refractivity contribution in [3.63, 3.8) is 0 Å². The molecular formula is C11H20N2O2. The zero-order valence-corrected chi connectivity index (χ0v) is 9.13.